The van der Waals surface area contributed by atoms with E-state index in [-0.39, 0.29) is 23.6 Å². The molecule has 0 spiro atoms. The summed E-state index contributed by atoms with van der Waals surface area (Å²) in [4.78, 5) is 20.6. The molecular weight excluding hydrogens is 481 g/mol. The summed E-state index contributed by atoms with van der Waals surface area (Å²) in [6.45, 7) is 1.92. The lowest BCUT2D eigenvalue weighted by molar-refractivity contribution is 0.0386. The van der Waals surface area contributed by atoms with Crippen LogP contribution in [0.1, 0.15) is 77.2 Å². The van der Waals surface area contributed by atoms with Crippen LogP contribution < -0.4 is 0 Å². The predicted octanol–water partition coefficient (Wildman–Crippen LogP) is 5.03. The van der Waals surface area contributed by atoms with Gasteiger partial charge in [-0.15, -0.1) is 0 Å². The van der Waals surface area contributed by atoms with Crippen molar-refractivity contribution in [2.75, 3.05) is 0 Å². The Balaban J connectivity index is 1.31. The first kappa shape index (κ1) is 22.5. The van der Waals surface area contributed by atoms with E-state index >= 15 is 0 Å². The molecule has 2 aliphatic heterocycles. The molecule has 2 fully saturated rings. The number of carbonyl (C=O) groups is 1. The molecule has 1 aromatic carbocycles. The van der Waals surface area contributed by atoms with Crippen LogP contribution in [0, 0.1) is 24.4 Å². The van der Waals surface area contributed by atoms with Crippen LogP contribution in [-0.4, -0.2) is 41.2 Å². The number of aromatic nitrogens is 5. The number of carbonyl (C=O) groups excluding carboxylic acids is 1. The van der Waals surface area contributed by atoms with E-state index in [2.05, 4.69) is 10.1 Å². The molecule has 1 aliphatic carbocycles. The van der Waals surface area contributed by atoms with Crippen molar-refractivity contribution in [3.05, 3.63) is 70.1 Å². The van der Waals surface area contributed by atoms with Crippen LogP contribution >= 0.6 is 0 Å². The lowest BCUT2D eigenvalue weighted by atomic mass is 9.81. The average Bonchev–Trinajstić information content (AvgIpc) is 3.56. The van der Waals surface area contributed by atoms with Gasteiger partial charge < -0.3 is 4.90 Å². The van der Waals surface area contributed by atoms with Gasteiger partial charge in [-0.05, 0) is 63.6 Å². The number of aryl methyl sites for hydroxylation is 2. The lowest BCUT2D eigenvalue weighted by Crippen LogP contribution is -2.50. The molecule has 3 aromatic heterocycles. The van der Waals surface area contributed by atoms with Gasteiger partial charge in [-0.1, -0.05) is 0 Å². The van der Waals surface area contributed by atoms with Gasteiger partial charge in [-0.25, -0.2) is 22.7 Å². The Morgan fingerprint density at radius 1 is 1.00 bits per heavy atom. The van der Waals surface area contributed by atoms with Crippen molar-refractivity contribution >= 4 is 11.6 Å². The highest BCUT2D eigenvalue weighted by molar-refractivity contribution is 5.94. The second-order valence-corrected chi connectivity index (χ2v) is 10.5. The van der Waals surface area contributed by atoms with E-state index in [1.165, 1.54) is 0 Å². The molecule has 0 N–H and O–H groups in total. The standard InChI is InChI=1S/C27H25F3N6O/c1-13-8-23-31-20(12-22(14-6-7-14)36(23)32-13)27(37)35-16-4-3-5-21(35)25-17(11-16)26(34(2)33-25)15-9-18(28)24(30)19(29)10-15/h8-10,12,14,16,21H,3-7,11H2,1-2H3/t16-,21+/m0/s1. The molecule has 7 rings (SSSR count). The fourth-order valence-electron chi connectivity index (χ4n) is 6.23. The fraction of sp³-hybridized carbons (Fsp3) is 0.407. The van der Waals surface area contributed by atoms with Gasteiger partial charge in [-0.2, -0.15) is 10.2 Å². The van der Waals surface area contributed by atoms with Gasteiger partial charge in [0.05, 0.1) is 23.1 Å². The van der Waals surface area contributed by atoms with Crippen molar-refractivity contribution in [3.8, 4) is 11.3 Å². The number of amides is 1. The molecule has 1 amide bonds. The Bertz CT molecular complexity index is 1580. The quantitative estimate of drug-likeness (QED) is 0.366. The third-order valence-electron chi connectivity index (χ3n) is 7.96. The number of benzene rings is 1. The molecule has 2 atom stereocenters. The van der Waals surface area contributed by atoms with Crippen LogP contribution in [0.4, 0.5) is 13.2 Å². The summed E-state index contributed by atoms with van der Waals surface area (Å²) in [7, 11) is 1.71. The number of fused-ring (bicyclic) bond motifs is 5. The summed E-state index contributed by atoms with van der Waals surface area (Å²) in [5.41, 5.74) is 5.35. The van der Waals surface area contributed by atoms with E-state index in [4.69, 9.17) is 5.10 Å². The fourth-order valence-corrected chi connectivity index (χ4v) is 6.23. The first-order valence-electron chi connectivity index (χ1n) is 12.7. The topological polar surface area (TPSA) is 68.3 Å². The van der Waals surface area contributed by atoms with Crippen molar-refractivity contribution in [3.63, 3.8) is 0 Å². The van der Waals surface area contributed by atoms with Gasteiger partial charge in [0, 0.05) is 41.9 Å². The van der Waals surface area contributed by atoms with Crippen molar-refractivity contribution in [2.45, 2.75) is 63.5 Å². The molecule has 7 nitrogen and oxygen atoms in total. The average molecular weight is 507 g/mol. The van der Waals surface area contributed by atoms with Gasteiger partial charge in [0.1, 0.15) is 5.69 Å². The maximum atomic E-state index is 14.1. The predicted molar refractivity (Wildman–Crippen MR) is 128 cm³/mol. The molecule has 1 saturated heterocycles. The highest BCUT2D eigenvalue weighted by atomic mass is 19.2. The van der Waals surface area contributed by atoms with E-state index in [9.17, 15) is 18.0 Å². The number of nitrogens with zero attached hydrogens (tertiary/aromatic N) is 6. The lowest BCUT2D eigenvalue weighted by Gasteiger charge is -2.45. The highest BCUT2D eigenvalue weighted by Crippen LogP contribution is 2.46. The van der Waals surface area contributed by atoms with Crippen LogP contribution in [0.5, 0.6) is 0 Å². The molecule has 4 aromatic rings. The maximum absolute atomic E-state index is 14.1. The van der Waals surface area contributed by atoms with Crippen molar-refractivity contribution in [1.29, 1.82) is 0 Å². The number of halogens is 3. The van der Waals surface area contributed by atoms with Crippen LogP contribution in [0.15, 0.2) is 24.3 Å². The zero-order valence-electron chi connectivity index (χ0n) is 20.5. The van der Waals surface area contributed by atoms with Crippen molar-refractivity contribution < 1.29 is 18.0 Å². The van der Waals surface area contributed by atoms with E-state index in [1.807, 2.05) is 28.5 Å². The van der Waals surface area contributed by atoms with Crippen molar-refractivity contribution in [1.82, 2.24) is 29.3 Å². The minimum atomic E-state index is -1.49. The van der Waals surface area contributed by atoms with Gasteiger partial charge in [0.25, 0.3) is 5.91 Å². The van der Waals surface area contributed by atoms with E-state index in [0.717, 1.165) is 66.9 Å². The molecule has 0 radical (unpaired) electrons. The molecule has 2 bridgehead atoms. The summed E-state index contributed by atoms with van der Waals surface area (Å²) in [6, 6.07) is 5.44. The largest absolute Gasteiger partial charge is 0.325 e. The number of hydrogen-bond acceptors (Lipinski definition) is 4. The molecule has 1 saturated carbocycles. The maximum Gasteiger partial charge on any atom is 0.273 e. The van der Waals surface area contributed by atoms with Gasteiger partial charge in [-0.3, -0.25) is 9.48 Å². The monoisotopic (exact) mass is 506 g/mol. The summed E-state index contributed by atoms with van der Waals surface area (Å²) in [5.74, 6) is -3.70. The molecule has 190 valence electrons. The molecule has 10 heteroatoms. The zero-order valence-corrected chi connectivity index (χ0v) is 20.5. The van der Waals surface area contributed by atoms with E-state index in [0.29, 0.717) is 29.4 Å². The molecular formula is C27H25F3N6O. The Kier molecular flexibility index (Phi) is 4.81. The Labute approximate surface area is 210 Å². The van der Waals surface area contributed by atoms with Gasteiger partial charge >= 0.3 is 0 Å². The molecule has 3 aliphatic rings. The van der Waals surface area contributed by atoms with Gasteiger partial charge in [0.15, 0.2) is 23.1 Å². The third kappa shape index (κ3) is 3.41. The van der Waals surface area contributed by atoms with Crippen LogP contribution in [0.2, 0.25) is 0 Å². The van der Waals surface area contributed by atoms with Gasteiger partial charge in [0.2, 0.25) is 0 Å². The van der Waals surface area contributed by atoms with Crippen LogP contribution in [-0.2, 0) is 13.5 Å². The second-order valence-electron chi connectivity index (χ2n) is 10.5. The first-order valence-corrected chi connectivity index (χ1v) is 12.7. The summed E-state index contributed by atoms with van der Waals surface area (Å²) < 4.78 is 45.2. The second kappa shape index (κ2) is 7.90. The van der Waals surface area contributed by atoms with Crippen LogP contribution in [0.25, 0.3) is 16.9 Å². The number of rotatable bonds is 3. The number of hydrogen-bond donors (Lipinski definition) is 0. The molecule has 37 heavy (non-hydrogen) atoms. The van der Waals surface area contributed by atoms with E-state index < -0.39 is 17.5 Å². The smallest absolute Gasteiger partial charge is 0.273 e. The highest BCUT2D eigenvalue weighted by Gasteiger charge is 2.44. The molecule has 0 unspecified atom stereocenters. The summed E-state index contributed by atoms with van der Waals surface area (Å²) in [5, 5.41) is 9.29. The summed E-state index contributed by atoms with van der Waals surface area (Å²) >= 11 is 0. The minimum Gasteiger partial charge on any atom is -0.325 e. The number of piperidine rings is 1. The Morgan fingerprint density at radius 2 is 1.76 bits per heavy atom. The third-order valence-corrected chi connectivity index (χ3v) is 7.96. The Morgan fingerprint density at radius 3 is 2.49 bits per heavy atom. The Hall–Kier alpha value is -3.69. The first-order chi connectivity index (χ1) is 17.8. The van der Waals surface area contributed by atoms with Crippen molar-refractivity contribution in [2.24, 2.45) is 7.05 Å². The SMILES string of the molecule is Cc1cc2nc(C(=O)N3[C@H]4CCC[C@@H]3c3nn(C)c(-c5cc(F)c(F)c(F)c5)c3C4)cc(C3CC3)n2n1. The molecule has 5 heterocycles. The normalized spacial score (nSPS) is 20.9. The minimum absolute atomic E-state index is 0.0918. The van der Waals surface area contributed by atoms with Crippen LogP contribution in [0.3, 0.4) is 0 Å². The van der Waals surface area contributed by atoms with E-state index in [1.54, 1.807) is 11.7 Å². The zero-order chi connectivity index (χ0) is 25.6. The summed E-state index contributed by atoms with van der Waals surface area (Å²) in [6.07, 6.45) is 5.15.